The Kier molecular flexibility index (Phi) is 3.24. The summed E-state index contributed by atoms with van der Waals surface area (Å²) in [7, 11) is 1.52. The van der Waals surface area contributed by atoms with Gasteiger partial charge in [0, 0.05) is 7.05 Å². The molecule has 0 bridgehead atoms. The summed E-state index contributed by atoms with van der Waals surface area (Å²) in [6.45, 7) is 8.01. The Labute approximate surface area is 66.0 Å². The monoisotopic (exact) mass is 153 g/mol. The van der Waals surface area contributed by atoms with Crippen molar-refractivity contribution in [1.29, 1.82) is 0 Å². The molecule has 0 spiro atoms. The van der Waals surface area contributed by atoms with Crippen LogP contribution in [0.3, 0.4) is 0 Å². The van der Waals surface area contributed by atoms with Crippen LogP contribution in [-0.4, -0.2) is 23.6 Å². The van der Waals surface area contributed by atoms with Crippen molar-refractivity contribution >= 4 is 11.7 Å². The molecule has 0 saturated carbocycles. The summed E-state index contributed by atoms with van der Waals surface area (Å²) in [4.78, 5) is 22.9. The Morgan fingerprint density at radius 1 is 1.45 bits per heavy atom. The van der Waals surface area contributed by atoms with Gasteiger partial charge in [-0.25, -0.2) is 0 Å². The Balaban J connectivity index is 4.37. The zero-order valence-corrected chi connectivity index (χ0v) is 6.76. The fourth-order valence-corrected chi connectivity index (χ4v) is 0.446. The first-order chi connectivity index (χ1) is 5.00. The number of carbonyl (C=O) groups excluding carboxylic acids is 2. The van der Waals surface area contributed by atoms with Gasteiger partial charge in [-0.1, -0.05) is 13.2 Å². The topological polar surface area (TPSA) is 37.4 Å². The lowest BCUT2D eigenvalue weighted by Gasteiger charge is -2.10. The molecule has 0 rings (SSSR count). The maximum Gasteiger partial charge on any atom is 0.260 e. The van der Waals surface area contributed by atoms with Gasteiger partial charge in [-0.3, -0.25) is 9.59 Å². The van der Waals surface area contributed by atoms with Gasteiger partial charge < -0.3 is 4.90 Å². The van der Waals surface area contributed by atoms with Gasteiger partial charge >= 0.3 is 0 Å². The molecule has 0 saturated heterocycles. The molecule has 60 valence electrons. The molecule has 0 aromatic heterocycles. The van der Waals surface area contributed by atoms with E-state index in [1.807, 2.05) is 0 Å². The number of amides is 1. The van der Waals surface area contributed by atoms with E-state index in [0.717, 1.165) is 0 Å². The minimum atomic E-state index is -0.410. The molecule has 0 aliphatic heterocycles. The van der Waals surface area contributed by atoms with Crippen molar-refractivity contribution < 1.29 is 9.59 Å². The van der Waals surface area contributed by atoms with Crippen LogP contribution in [0.2, 0.25) is 0 Å². The maximum atomic E-state index is 11.0. The Hall–Kier alpha value is -1.38. The van der Waals surface area contributed by atoms with E-state index in [-0.39, 0.29) is 11.4 Å². The highest BCUT2D eigenvalue weighted by Crippen LogP contribution is 1.98. The smallest absolute Gasteiger partial charge is 0.260 e. The van der Waals surface area contributed by atoms with E-state index in [1.165, 1.54) is 25.1 Å². The predicted octanol–water partition coefficient (Wildman–Crippen LogP) is 0.734. The standard InChI is InChI=1S/C8H11NO2/c1-5-9(4)8(11)6(2)7(3)10/h5H,1-2H2,3-4H3. The third-order valence-corrected chi connectivity index (χ3v) is 1.28. The zero-order chi connectivity index (χ0) is 9.02. The van der Waals surface area contributed by atoms with Crippen LogP contribution in [0.25, 0.3) is 0 Å². The molecule has 1 amide bonds. The summed E-state index contributed by atoms with van der Waals surface area (Å²) in [5.41, 5.74) is -0.0209. The van der Waals surface area contributed by atoms with Crippen LogP contribution in [0, 0.1) is 0 Å². The summed E-state index contributed by atoms with van der Waals surface area (Å²) in [5.74, 6) is -0.726. The lowest BCUT2D eigenvalue weighted by atomic mass is 10.2. The van der Waals surface area contributed by atoms with Crippen LogP contribution in [0.1, 0.15) is 6.92 Å². The second-order valence-corrected chi connectivity index (χ2v) is 2.13. The number of ketones is 1. The number of rotatable bonds is 3. The molecule has 0 aromatic rings. The quantitative estimate of drug-likeness (QED) is 0.340. The average molecular weight is 153 g/mol. The van der Waals surface area contributed by atoms with Gasteiger partial charge in [0.1, 0.15) is 0 Å². The molecule has 0 unspecified atom stereocenters. The highest BCUT2D eigenvalue weighted by molar-refractivity contribution is 6.17. The van der Waals surface area contributed by atoms with Crippen molar-refractivity contribution in [2.45, 2.75) is 6.92 Å². The van der Waals surface area contributed by atoms with E-state index in [9.17, 15) is 9.59 Å². The molecule has 0 fully saturated rings. The molecule has 0 aromatic carbocycles. The average Bonchev–Trinajstić information content (AvgIpc) is 2.00. The summed E-state index contributed by atoms with van der Waals surface area (Å²) in [5, 5.41) is 0. The van der Waals surface area contributed by atoms with Crippen molar-refractivity contribution in [3.63, 3.8) is 0 Å². The number of nitrogens with zero attached hydrogens (tertiary/aromatic N) is 1. The minimum absolute atomic E-state index is 0.0209. The molecule has 11 heavy (non-hydrogen) atoms. The van der Waals surface area contributed by atoms with Crippen LogP contribution < -0.4 is 0 Å². The van der Waals surface area contributed by atoms with Crippen molar-refractivity contribution in [2.24, 2.45) is 0 Å². The van der Waals surface area contributed by atoms with Crippen molar-refractivity contribution in [3.05, 3.63) is 24.9 Å². The Bertz CT molecular complexity index is 218. The first kappa shape index (κ1) is 9.62. The number of carbonyl (C=O) groups is 2. The molecular weight excluding hydrogens is 142 g/mol. The Morgan fingerprint density at radius 3 is 2.18 bits per heavy atom. The summed E-state index contributed by atoms with van der Waals surface area (Å²) >= 11 is 0. The zero-order valence-electron chi connectivity index (χ0n) is 6.76. The molecule has 0 heterocycles. The molecule has 0 radical (unpaired) electrons. The molecular formula is C8H11NO2. The molecule has 0 aliphatic rings. The van der Waals surface area contributed by atoms with Crippen LogP contribution in [0.15, 0.2) is 24.9 Å². The Morgan fingerprint density at radius 2 is 1.91 bits per heavy atom. The number of likely N-dealkylation sites (N-methyl/N-ethyl adjacent to an activating group) is 1. The van der Waals surface area contributed by atoms with Gasteiger partial charge in [-0.2, -0.15) is 0 Å². The third-order valence-electron chi connectivity index (χ3n) is 1.28. The SMILES string of the molecule is C=CN(C)C(=O)C(=C)C(C)=O. The van der Waals surface area contributed by atoms with Gasteiger partial charge in [-0.15, -0.1) is 0 Å². The van der Waals surface area contributed by atoms with Crippen molar-refractivity contribution in [3.8, 4) is 0 Å². The molecule has 3 nitrogen and oxygen atoms in total. The molecule has 0 atom stereocenters. The third kappa shape index (κ3) is 2.37. The normalized spacial score (nSPS) is 8.55. The first-order valence-electron chi connectivity index (χ1n) is 3.10. The second kappa shape index (κ2) is 3.71. The van der Waals surface area contributed by atoms with Crippen molar-refractivity contribution in [2.75, 3.05) is 7.05 Å². The van der Waals surface area contributed by atoms with Gasteiger partial charge in [-0.05, 0) is 13.1 Å². The first-order valence-corrected chi connectivity index (χ1v) is 3.10. The van der Waals surface area contributed by atoms with Crippen molar-refractivity contribution in [1.82, 2.24) is 4.90 Å². The highest BCUT2D eigenvalue weighted by atomic mass is 16.2. The molecule has 0 N–H and O–H groups in total. The number of Topliss-reactive ketones (excluding diaryl/α,β-unsaturated/α-hetero) is 1. The summed E-state index contributed by atoms with van der Waals surface area (Å²) < 4.78 is 0. The van der Waals surface area contributed by atoms with E-state index in [1.54, 1.807) is 0 Å². The number of hydrogen-bond acceptors (Lipinski definition) is 2. The summed E-state index contributed by atoms with van der Waals surface area (Å²) in [6, 6.07) is 0. The van der Waals surface area contributed by atoms with Crippen LogP contribution >= 0.6 is 0 Å². The van der Waals surface area contributed by atoms with E-state index >= 15 is 0 Å². The lowest BCUT2D eigenvalue weighted by Crippen LogP contribution is -2.24. The maximum absolute atomic E-state index is 11.0. The largest absolute Gasteiger partial charge is 0.319 e. The van der Waals surface area contributed by atoms with Gasteiger partial charge in [0.15, 0.2) is 5.78 Å². The minimum Gasteiger partial charge on any atom is -0.319 e. The molecule has 0 aliphatic carbocycles. The fraction of sp³-hybridized carbons (Fsp3) is 0.250. The van der Waals surface area contributed by atoms with Crippen LogP contribution in [0.5, 0.6) is 0 Å². The molecule has 3 heteroatoms. The second-order valence-electron chi connectivity index (χ2n) is 2.13. The fourth-order valence-electron chi connectivity index (χ4n) is 0.446. The van der Waals surface area contributed by atoms with E-state index in [0.29, 0.717) is 0 Å². The predicted molar refractivity (Wildman–Crippen MR) is 42.8 cm³/mol. The lowest BCUT2D eigenvalue weighted by molar-refractivity contribution is -0.126. The van der Waals surface area contributed by atoms with Crippen LogP contribution in [-0.2, 0) is 9.59 Å². The number of hydrogen-bond donors (Lipinski definition) is 0. The van der Waals surface area contributed by atoms with Crippen LogP contribution in [0.4, 0.5) is 0 Å². The van der Waals surface area contributed by atoms with E-state index < -0.39 is 5.91 Å². The van der Waals surface area contributed by atoms with E-state index in [2.05, 4.69) is 13.2 Å². The van der Waals surface area contributed by atoms with E-state index in [4.69, 9.17) is 0 Å². The summed E-state index contributed by atoms with van der Waals surface area (Å²) in [6.07, 6.45) is 1.33. The van der Waals surface area contributed by atoms with Gasteiger partial charge in [0.05, 0.1) is 5.57 Å². The van der Waals surface area contributed by atoms with Gasteiger partial charge in [0.25, 0.3) is 5.91 Å². The van der Waals surface area contributed by atoms with Gasteiger partial charge in [0.2, 0.25) is 0 Å². The highest BCUT2D eigenvalue weighted by Gasteiger charge is 2.13.